The van der Waals surface area contributed by atoms with Gasteiger partial charge in [-0.25, -0.2) is 9.97 Å². The van der Waals surface area contributed by atoms with E-state index in [4.69, 9.17) is 0 Å². The third kappa shape index (κ3) is 6.17. The van der Waals surface area contributed by atoms with E-state index in [-0.39, 0.29) is 18.4 Å². The summed E-state index contributed by atoms with van der Waals surface area (Å²) in [6.07, 6.45) is 0.617. The van der Waals surface area contributed by atoms with Gasteiger partial charge in [0.2, 0.25) is 11.8 Å². The summed E-state index contributed by atoms with van der Waals surface area (Å²) in [6.45, 7) is 7.44. The van der Waals surface area contributed by atoms with Crippen LogP contribution in [-0.2, 0) is 16.0 Å². The lowest BCUT2D eigenvalue weighted by Crippen LogP contribution is -2.47. The Morgan fingerprint density at radius 2 is 1.69 bits per heavy atom. The van der Waals surface area contributed by atoms with Crippen molar-refractivity contribution < 1.29 is 9.59 Å². The zero-order valence-electron chi connectivity index (χ0n) is 17.0. The quantitative estimate of drug-likeness (QED) is 0.723. The van der Waals surface area contributed by atoms with E-state index in [1.54, 1.807) is 0 Å². The molecule has 0 radical (unpaired) electrons. The van der Waals surface area contributed by atoms with Gasteiger partial charge in [-0.1, -0.05) is 18.2 Å². The van der Waals surface area contributed by atoms with Crippen LogP contribution in [0.15, 0.2) is 36.4 Å². The molecule has 0 saturated carbocycles. The fraction of sp³-hybridized carbons (Fsp3) is 0.429. The maximum absolute atomic E-state index is 11.7. The molecule has 1 aromatic carbocycles. The van der Waals surface area contributed by atoms with E-state index >= 15 is 0 Å². The first kappa shape index (κ1) is 20.6. The lowest BCUT2D eigenvalue weighted by Gasteiger charge is -2.36. The Labute approximate surface area is 171 Å². The summed E-state index contributed by atoms with van der Waals surface area (Å²) in [7, 11) is 0. The lowest BCUT2D eigenvalue weighted by molar-refractivity contribution is -0.125. The standard InChI is InChI=1S/C21H28N6O2/c1-16-24-18(8-9-22-21(29)15-23-17(2)28)14-20(25-16)27-12-10-26(11-13-27)19-6-4-3-5-7-19/h3-7,14H,8-13,15H2,1-2H3,(H,22,29)(H,23,28). The second-order valence-electron chi connectivity index (χ2n) is 7.08. The number of aryl methyl sites for hydroxylation is 1. The van der Waals surface area contributed by atoms with Crippen molar-refractivity contribution in [2.45, 2.75) is 20.3 Å². The average molecular weight is 396 g/mol. The highest BCUT2D eigenvalue weighted by Crippen LogP contribution is 2.19. The van der Waals surface area contributed by atoms with Gasteiger partial charge in [-0.05, 0) is 19.1 Å². The first-order chi connectivity index (χ1) is 14.0. The van der Waals surface area contributed by atoms with E-state index in [1.165, 1.54) is 12.6 Å². The Bertz CT molecular complexity index is 834. The van der Waals surface area contributed by atoms with Crippen LogP contribution in [0.3, 0.4) is 0 Å². The zero-order valence-corrected chi connectivity index (χ0v) is 17.0. The second-order valence-corrected chi connectivity index (χ2v) is 7.08. The highest BCUT2D eigenvalue weighted by molar-refractivity contribution is 5.83. The third-order valence-electron chi connectivity index (χ3n) is 4.80. The van der Waals surface area contributed by atoms with E-state index in [0.29, 0.717) is 13.0 Å². The van der Waals surface area contributed by atoms with Crippen LogP contribution in [0, 0.1) is 6.92 Å². The monoisotopic (exact) mass is 396 g/mol. The third-order valence-corrected chi connectivity index (χ3v) is 4.80. The van der Waals surface area contributed by atoms with E-state index in [1.807, 2.05) is 19.1 Å². The Kier molecular flexibility index (Phi) is 6.99. The first-order valence-corrected chi connectivity index (χ1v) is 9.92. The molecule has 8 nitrogen and oxygen atoms in total. The van der Waals surface area contributed by atoms with Gasteiger partial charge in [0.1, 0.15) is 11.6 Å². The summed E-state index contributed by atoms with van der Waals surface area (Å²) in [5.41, 5.74) is 2.15. The number of piperazine rings is 1. The molecule has 8 heteroatoms. The van der Waals surface area contributed by atoms with Gasteiger partial charge in [0, 0.05) is 63.5 Å². The van der Waals surface area contributed by atoms with Crippen molar-refractivity contribution in [3.8, 4) is 0 Å². The van der Waals surface area contributed by atoms with E-state index < -0.39 is 0 Å². The van der Waals surface area contributed by atoms with Crippen LogP contribution < -0.4 is 20.4 Å². The van der Waals surface area contributed by atoms with Crippen molar-refractivity contribution in [2.24, 2.45) is 0 Å². The Morgan fingerprint density at radius 1 is 1.00 bits per heavy atom. The number of nitrogens with one attached hydrogen (secondary N) is 2. The molecule has 0 bridgehead atoms. The van der Waals surface area contributed by atoms with Gasteiger partial charge >= 0.3 is 0 Å². The maximum atomic E-state index is 11.7. The molecular formula is C21H28N6O2. The van der Waals surface area contributed by atoms with Crippen LogP contribution in [-0.4, -0.2) is 61.1 Å². The number of aromatic nitrogens is 2. The van der Waals surface area contributed by atoms with Crippen LogP contribution in [0.1, 0.15) is 18.4 Å². The fourth-order valence-corrected chi connectivity index (χ4v) is 3.33. The molecule has 2 N–H and O–H groups in total. The number of anilines is 2. The number of hydrogen-bond donors (Lipinski definition) is 2. The predicted octanol–water partition coefficient (Wildman–Crippen LogP) is 0.906. The van der Waals surface area contributed by atoms with Crippen LogP contribution in [0.2, 0.25) is 0 Å². The largest absolute Gasteiger partial charge is 0.368 e. The Morgan fingerprint density at radius 3 is 2.38 bits per heavy atom. The fourth-order valence-electron chi connectivity index (χ4n) is 3.33. The molecule has 1 saturated heterocycles. The molecule has 0 spiro atoms. The van der Waals surface area contributed by atoms with Gasteiger partial charge in [0.25, 0.3) is 0 Å². The summed E-state index contributed by atoms with van der Waals surface area (Å²) in [5.74, 6) is 1.24. The van der Waals surface area contributed by atoms with Gasteiger partial charge < -0.3 is 20.4 Å². The van der Waals surface area contributed by atoms with Crippen LogP contribution in [0.5, 0.6) is 0 Å². The molecule has 0 atom stereocenters. The highest BCUT2D eigenvalue weighted by atomic mass is 16.2. The molecule has 29 heavy (non-hydrogen) atoms. The topological polar surface area (TPSA) is 90.5 Å². The van der Waals surface area contributed by atoms with E-state index in [2.05, 4.69) is 54.7 Å². The Balaban J connectivity index is 1.53. The summed E-state index contributed by atoms with van der Waals surface area (Å²) in [4.78, 5) is 36.3. The van der Waals surface area contributed by atoms with Crippen molar-refractivity contribution in [1.82, 2.24) is 20.6 Å². The highest BCUT2D eigenvalue weighted by Gasteiger charge is 2.19. The second kappa shape index (κ2) is 9.86. The number of hydrogen-bond acceptors (Lipinski definition) is 6. The smallest absolute Gasteiger partial charge is 0.239 e. The number of carbonyl (C=O) groups excluding carboxylic acids is 2. The van der Waals surface area contributed by atoms with Crippen molar-refractivity contribution in [1.29, 1.82) is 0 Å². The summed E-state index contributed by atoms with van der Waals surface area (Å²) < 4.78 is 0. The SMILES string of the molecule is CC(=O)NCC(=O)NCCc1cc(N2CCN(c3ccccc3)CC2)nc(C)n1. The van der Waals surface area contributed by atoms with Crippen molar-refractivity contribution in [3.05, 3.63) is 47.9 Å². The normalized spacial score (nSPS) is 13.9. The van der Waals surface area contributed by atoms with Gasteiger partial charge in [-0.3, -0.25) is 9.59 Å². The molecule has 2 heterocycles. The molecule has 2 amide bonds. The number of benzene rings is 1. The number of carbonyl (C=O) groups is 2. The molecule has 1 aromatic heterocycles. The lowest BCUT2D eigenvalue weighted by atomic mass is 10.2. The predicted molar refractivity (Wildman–Crippen MR) is 113 cm³/mol. The number of amides is 2. The molecule has 154 valence electrons. The van der Waals surface area contributed by atoms with Crippen LogP contribution in [0.4, 0.5) is 11.5 Å². The van der Waals surface area contributed by atoms with E-state index in [0.717, 1.165) is 43.5 Å². The van der Waals surface area contributed by atoms with Crippen molar-refractivity contribution >= 4 is 23.3 Å². The van der Waals surface area contributed by atoms with Crippen molar-refractivity contribution in [3.63, 3.8) is 0 Å². The van der Waals surface area contributed by atoms with Gasteiger partial charge in [0.15, 0.2) is 0 Å². The molecule has 0 aliphatic carbocycles. The van der Waals surface area contributed by atoms with Gasteiger partial charge in [-0.15, -0.1) is 0 Å². The Hall–Kier alpha value is -3.16. The minimum Gasteiger partial charge on any atom is -0.368 e. The number of para-hydroxylation sites is 1. The maximum Gasteiger partial charge on any atom is 0.239 e. The van der Waals surface area contributed by atoms with Crippen molar-refractivity contribution in [2.75, 3.05) is 49.1 Å². The average Bonchev–Trinajstić information content (AvgIpc) is 2.73. The summed E-state index contributed by atoms with van der Waals surface area (Å²) in [5, 5.41) is 5.28. The minimum absolute atomic E-state index is 0.00488. The summed E-state index contributed by atoms with van der Waals surface area (Å²) in [6, 6.07) is 12.5. The van der Waals surface area contributed by atoms with Crippen LogP contribution in [0.25, 0.3) is 0 Å². The summed E-state index contributed by atoms with van der Waals surface area (Å²) >= 11 is 0. The molecule has 0 unspecified atom stereocenters. The molecule has 2 aromatic rings. The molecule has 1 aliphatic rings. The minimum atomic E-state index is -0.219. The van der Waals surface area contributed by atoms with Crippen LogP contribution >= 0.6 is 0 Å². The molecule has 1 aliphatic heterocycles. The van der Waals surface area contributed by atoms with Gasteiger partial charge in [-0.2, -0.15) is 0 Å². The molecule has 1 fully saturated rings. The number of rotatable bonds is 7. The van der Waals surface area contributed by atoms with E-state index in [9.17, 15) is 9.59 Å². The molecular weight excluding hydrogens is 368 g/mol. The number of nitrogens with zero attached hydrogens (tertiary/aromatic N) is 4. The molecule has 3 rings (SSSR count). The van der Waals surface area contributed by atoms with Gasteiger partial charge in [0.05, 0.1) is 6.54 Å². The zero-order chi connectivity index (χ0) is 20.6. The first-order valence-electron chi connectivity index (χ1n) is 9.92.